The van der Waals surface area contributed by atoms with Crippen LogP contribution in [0.1, 0.15) is 68.6 Å². The van der Waals surface area contributed by atoms with Gasteiger partial charge < -0.3 is 46.2 Å². The van der Waals surface area contributed by atoms with Gasteiger partial charge in [0, 0.05) is 42.5 Å². The van der Waals surface area contributed by atoms with E-state index in [1.807, 2.05) is 30.3 Å². The molecule has 1 saturated carbocycles. The number of hydrogen-bond donors (Lipinski definition) is 6. The van der Waals surface area contributed by atoms with Gasteiger partial charge in [-0.1, -0.05) is 36.8 Å². The largest absolute Gasteiger partial charge is 0.492 e. The summed E-state index contributed by atoms with van der Waals surface area (Å²) in [5.41, 5.74) is 9.12. The molecule has 2 aliphatic rings. The molecule has 1 unspecified atom stereocenters. The van der Waals surface area contributed by atoms with Gasteiger partial charge in [-0.2, -0.15) is 0 Å². The maximum Gasteiger partial charge on any atom is 0.492 e. The van der Waals surface area contributed by atoms with Crippen LogP contribution in [0.15, 0.2) is 66.9 Å². The molecule has 6 rings (SSSR count). The number of fused-ring (bicyclic) bond motifs is 2. The van der Waals surface area contributed by atoms with Gasteiger partial charge in [-0.3, -0.25) is 4.79 Å². The third-order valence-electron chi connectivity index (χ3n) is 8.84. The molecule has 51 heavy (non-hydrogen) atoms. The molecule has 266 valence electrons. The number of carbonyl (C=O) groups is 3. The highest BCUT2D eigenvalue weighted by Gasteiger charge is 2.35. The SMILES string of the molecule is NC(=O)NCCCCC(=O)Nc1ccc(COC(=O)NCC2OB(O)c3cc(Nc4ncc5cccc(OC6CCCCC6)c5n4)ccc32)cc1. The first-order valence-electron chi connectivity index (χ1n) is 17.3. The number of primary amides is 1. The Bertz CT molecular complexity index is 1840. The van der Waals surface area contributed by atoms with E-state index in [4.69, 9.17) is 24.8 Å². The van der Waals surface area contributed by atoms with Crippen LogP contribution in [0.4, 0.5) is 26.9 Å². The fourth-order valence-corrected chi connectivity index (χ4v) is 6.20. The van der Waals surface area contributed by atoms with Crippen molar-refractivity contribution in [2.75, 3.05) is 23.7 Å². The van der Waals surface area contributed by atoms with Crippen molar-refractivity contribution in [2.24, 2.45) is 5.73 Å². The summed E-state index contributed by atoms with van der Waals surface area (Å²) < 4.78 is 17.4. The molecule has 1 aliphatic carbocycles. The summed E-state index contributed by atoms with van der Waals surface area (Å²) >= 11 is 0. The van der Waals surface area contributed by atoms with Gasteiger partial charge in [0.1, 0.15) is 17.9 Å². The van der Waals surface area contributed by atoms with Gasteiger partial charge in [-0.15, -0.1) is 0 Å². The van der Waals surface area contributed by atoms with E-state index >= 15 is 0 Å². The molecule has 0 spiro atoms. The Morgan fingerprint density at radius 3 is 2.59 bits per heavy atom. The molecule has 3 aromatic carbocycles. The van der Waals surface area contributed by atoms with Crippen molar-refractivity contribution in [3.8, 4) is 5.75 Å². The average molecular weight is 696 g/mol. The Balaban J connectivity index is 0.967. The van der Waals surface area contributed by atoms with E-state index in [-0.39, 0.29) is 25.2 Å². The molecular weight excluding hydrogens is 653 g/mol. The third-order valence-corrected chi connectivity index (χ3v) is 8.84. The van der Waals surface area contributed by atoms with E-state index in [2.05, 4.69) is 26.3 Å². The summed E-state index contributed by atoms with van der Waals surface area (Å²) in [6.07, 6.45) is 8.02. The number of benzene rings is 3. The van der Waals surface area contributed by atoms with Crippen molar-refractivity contribution in [1.82, 2.24) is 20.6 Å². The van der Waals surface area contributed by atoms with Crippen molar-refractivity contribution in [1.29, 1.82) is 0 Å². The van der Waals surface area contributed by atoms with Gasteiger partial charge in [0.05, 0.1) is 12.2 Å². The lowest BCUT2D eigenvalue weighted by molar-refractivity contribution is -0.116. The zero-order valence-electron chi connectivity index (χ0n) is 28.2. The van der Waals surface area contributed by atoms with Gasteiger partial charge in [0.2, 0.25) is 11.9 Å². The molecule has 7 N–H and O–H groups in total. The first-order chi connectivity index (χ1) is 24.8. The average Bonchev–Trinajstić information content (AvgIpc) is 3.45. The molecular formula is C36H42BN7O7. The fourth-order valence-electron chi connectivity index (χ4n) is 6.20. The topological polar surface area (TPSA) is 199 Å². The summed E-state index contributed by atoms with van der Waals surface area (Å²) in [4.78, 5) is 44.5. The number of carbonyl (C=O) groups excluding carboxylic acids is 3. The van der Waals surface area contributed by atoms with E-state index < -0.39 is 25.3 Å². The maximum absolute atomic E-state index is 12.5. The van der Waals surface area contributed by atoms with Crippen LogP contribution in [-0.2, 0) is 20.8 Å². The minimum absolute atomic E-state index is 0.0255. The summed E-state index contributed by atoms with van der Waals surface area (Å²) in [7, 11) is -1.17. The number of para-hydroxylation sites is 1. The van der Waals surface area contributed by atoms with Crippen LogP contribution < -0.4 is 37.2 Å². The lowest BCUT2D eigenvalue weighted by atomic mass is 9.79. The predicted octanol–water partition coefficient (Wildman–Crippen LogP) is 4.55. The highest BCUT2D eigenvalue weighted by Crippen LogP contribution is 2.30. The van der Waals surface area contributed by atoms with Crippen LogP contribution in [0.25, 0.3) is 10.9 Å². The van der Waals surface area contributed by atoms with Gasteiger partial charge in [0.25, 0.3) is 0 Å². The minimum Gasteiger partial charge on any atom is -0.488 e. The van der Waals surface area contributed by atoms with Crippen LogP contribution in [0.5, 0.6) is 5.75 Å². The number of nitrogens with two attached hydrogens (primary N) is 1. The number of nitrogens with one attached hydrogen (secondary N) is 4. The second-order valence-corrected chi connectivity index (χ2v) is 12.7. The number of alkyl carbamates (subject to hydrolysis) is 1. The summed E-state index contributed by atoms with van der Waals surface area (Å²) in [6, 6.07) is 17.7. The monoisotopic (exact) mass is 695 g/mol. The molecule has 0 radical (unpaired) electrons. The minimum atomic E-state index is -1.17. The van der Waals surface area contributed by atoms with E-state index in [1.54, 1.807) is 36.5 Å². The van der Waals surface area contributed by atoms with Gasteiger partial charge in [-0.05, 0) is 85.4 Å². The molecule has 1 atom stereocenters. The van der Waals surface area contributed by atoms with Crippen LogP contribution in [0.2, 0.25) is 0 Å². The number of ether oxygens (including phenoxy) is 2. The lowest BCUT2D eigenvalue weighted by Crippen LogP contribution is -2.30. The number of aromatic nitrogens is 2. The Hall–Kier alpha value is -5.41. The van der Waals surface area contributed by atoms with Crippen molar-refractivity contribution < 1.29 is 33.5 Å². The molecule has 1 aliphatic heterocycles. The summed E-state index contributed by atoms with van der Waals surface area (Å²) in [5.74, 6) is 1.01. The number of urea groups is 1. The second-order valence-electron chi connectivity index (χ2n) is 12.7. The summed E-state index contributed by atoms with van der Waals surface area (Å²) in [6.45, 7) is 0.544. The maximum atomic E-state index is 12.5. The second kappa shape index (κ2) is 17.0. The molecule has 4 aromatic rings. The normalized spacial score (nSPS) is 15.5. The van der Waals surface area contributed by atoms with Crippen LogP contribution in [-0.4, -0.2) is 59.3 Å². The van der Waals surface area contributed by atoms with Gasteiger partial charge in [-0.25, -0.2) is 19.6 Å². The first-order valence-corrected chi connectivity index (χ1v) is 17.3. The van der Waals surface area contributed by atoms with Gasteiger partial charge in [0.15, 0.2) is 0 Å². The van der Waals surface area contributed by atoms with Crippen LogP contribution >= 0.6 is 0 Å². The molecule has 1 fully saturated rings. The Labute approximate surface area is 296 Å². The smallest absolute Gasteiger partial charge is 0.488 e. The lowest BCUT2D eigenvalue weighted by Gasteiger charge is -2.23. The fraction of sp³-hybridized carbons (Fsp3) is 0.361. The van der Waals surface area contributed by atoms with Crippen LogP contribution in [0.3, 0.4) is 0 Å². The molecule has 2 heterocycles. The quantitative estimate of drug-likeness (QED) is 0.0804. The Morgan fingerprint density at radius 1 is 0.980 bits per heavy atom. The number of anilines is 3. The highest BCUT2D eigenvalue weighted by atomic mass is 16.6. The Kier molecular flexibility index (Phi) is 11.8. The summed E-state index contributed by atoms with van der Waals surface area (Å²) in [5, 5.41) is 22.8. The molecule has 0 bridgehead atoms. The van der Waals surface area contributed by atoms with Crippen molar-refractivity contribution in [3.05, 3.63) is 78.0 Å². The number of unbranched alkanes of at least 4 members (excludes halogenated alkanes) is 1. The van der Waals surface area contributed by atoms with E-state index in [1.165, 1.54) is 19.3 Å². The first kappa shape index (κ1) is 35.4. The zero-order chi connectivity index (χ0) is 35.6. The number of nitrogens with zero attached hydrogens (tertiary/aromatic N) is 2. The van der Waals surface area contributed by atoms with Crippen molar-refractivity contribution in [3.63, 3.8) is 0 Å². The highest BCUT2D eigenvalue weighted by molar-refractivity contribution is 6.62. The van der Waals surface area contributed by atoms with E-state index in [0.29, 0.717) is 48.6 Å². The predicted molar refractivity (Wildman–Crippen MR) is 193 cm³/mol. The van der Waals surface area contributed by atoms with Gasteiger partial charge >= 0.3 is 19.2 Å². The third kappa shape index (κ3) is 9.86. The number of amides is 4. The van der Waals surface area contributed by atoms with Crippen molar-refractivity contribution in [2.45, 2.75) is 70.2 Å². The number of rotatable bonds is 14. The van der Waals surface area contributed by atoms with Crippen LogP contribution in [0, 0.1) is 0 Å². The molecule has 0 saturated heterocycles. The zero-order valence-corrected chi connectivity index (χ0v) is 28.2. The Morgan fingerprint density at radius 2 is 1.78 bits per heavy atom. The molecule has 4 amide bonds. The standard InChI is InChI=1S/C36H42BN7O7/c38-34(46)39-18-5-4-11-32(45)42-25-14-12-23(13-15-25)22-49-36(47)41-21-31-28-17-16-26(19-29(28)37(48)51-31)43-35-40-20-24-7-6-10-30(33(24)44-35)50-27-8-2-1-3-9-27/h6-7,10,12-17,19-20,27,31,48H,1-5,8-9,11,18,21-22H2,(H,41,47)(H,42,45)(H3,38,39,46)(H,40,43,44). The molecule has 15 heteroatoms. The molecule has 1 aromatic heterocycles. The van der Waals surface area contributed by atoms with Crippen molar-refractivity contribution >= 4 is 58.8 Å². The molecule has 14 nitrogen and oxygen atoms in total. The van der Waals surface area contributed by atoms with E-state index in [9.17, 15) is 19.4 Å². The van der Waals surface area contributed by atoms with E-state index in [0.717, 1.165) is 40.6 Å². The number of hydrogen-bond acceptors (Lipinski definition) is 10.